The molecule has 0 saturated carbocycles. The minimum atomic E-state index is 0.252. The minimum absolute atomic E-state index is 0.252. The summed E-state index contributed by atoms with van der Waals surface area (Å²) in [7, 11) is 3.25. The van der Waals surface area contributed by atoms with Crippen LogP contribution < -0.4 is 9.47 Å². The van der Waals surface area contributed by atoms with E-state index in [1.165, 1.54) is 0 Å². The normalized spacial score (nSPS) is 10.8. The van der Waals surface area contributed by atoms with Crippen molar-refractivity contribution in [3.63, 3.8) is 0 Å². The van der Waals surface area contributed by atoms with E-state index in [1.54, 1.807) is 26.0 Å². The topological polar surface area (TPSA) is 57.4 Å². The van der Waals surface area contributed by atoms with Crippen LogP contribution in [0.3, 0.4) is 0 Å². The molecular weight excluding hydrogens is 276 g/mol. The number of rotatable bonds is 6. The highest BCUT2D eigenvalue weighted by Crippen LogP contribution is 2.33. The Hall–Kier alpha value is -1.69. The van der Waals surface area contributed by atoms with Crippen molar-refractivity contribution in [2.24, 2.45) is 0 Å². The molecular formula is C14H18N2O3S. The van der Waals surface area contributed by atoms with Crippen molar-refractivity contribution in [2.75, 3.05) is 14.2 Å². The molecule has 0 amide bonds. The van der Waals surface area contributed by atoms with E-state index in [9.17, 15) is 0 Å². The third kappa shape index (κ3) is 3.45. The average Bonchev–Trinajstić information content (AvgIpc) is 2.94. The van der Waals surface area contributed by atoms with Crippen molar-refractivity contribution in [3.8, 4) is 11.5 Å². The van der Waals surface area contributed by atoms with Gasteiger partial charge in [0.2, 0.25) is 11.8 Å². The number of hydrogen-bond donors (Lipinski definition) is 0. The lowest BCUT2D eigenvalue weighted by Crippen LogP contribution is -1.90. The van der Waals surface area contributed by atoms with Gasteiger partial charge in [-0.1, -0.05) is 13.8 Å². The molecule has 1 aromatic carbocycles. The van der Waals surface area contributed by atoms with Crippen LogP contribution in [0.4, 0.5) is 0 Å². The molecule has 0 N–H and O–H groups in total. The van der Waals surface area contributed by atoms with Gasteiger partial charge in [0.05, 0.1) is 20.0 Å². The van der Waals surface area contributed by atoms with Gasteiger partial charge in [-0.05, 0) is 18.2 Å². The van der Waals surface area contributed by atoms with Gasteiger partial charge in [0, 0.05) is 10.8 Å². The van der Waals surface area contributed by atoms with E-state index < -0.39 is 0 Å². The van der Waals surface area contributed by atoms with E-state index in [1.807, 2.05) is 32.0 Å². The van der Waals surface area contributed by atoms with Crippen molar-refractivity contribution >= 4 is 11.8 Å². The van der Waals surface area contributed by atoms with Crippen LogP contribution in [-0.4, -0.2) is 24.4 Å². The highest BCUT2D eigenvalue weighted by Gasteiger charge is 2.10. The monoisotopic (exact) mass is 294 g/mol. The van der Waals surface area contributed by atoms with Gasteiger partial charge in [0.15, 0.2) is 11.5 Å². The molecule has 0 aliphatic rings. The molecule has 0 radical (unpaired) electrons. The van der Waals surface area contributed by atoms with E-state index in [2.05, 4.69) is 10.2 Å². The Labute approximate surface area is 122 Å². The summed E-state index contributed by atoms with van der Waals surface area (Å²) in [4.78, 5) is 1.06. The minimum Gasteiger partial charge on any atom is -0.493 e. The summed E-state index contributed by atoms with van der Waals surface area (Å²) in [6.45, 7) is 4.05. The molecule has 1 heterocycles. The number of thioether (sulfide) groups is 1. The van der Waals surface area contributed by atoms with Crippen molar-refractivity contribution in [1.82, 2.24) is 10.2 Å². The largest absolute Gasteiger partial charge is 0.493 e. The second-order valence-electron chi connectivity index (χ2n) is 4.49. The molecule has 0 atom stereocenters. The summed E-state index contributed by atoms with van der Waals surface area (Å²) < 4.78 is 16.1. The fourth-order valence-electron chi connectivity index (χ4n) is 1.61. The molecule has 2 aromatic rings. The van der Waals surface area contributed by atoms with Gasteiger partial charge in [-0.2, -0.15) is 0 Å². The molecule has 6 heteroatoms. The fourth-order valence-corrected chi connectivity index (χ4v) is 2.37. The summed E-state index contributed by atoms with van der Waals surface area (Å²) in [6.07, 6.45) is 0. The SMILES string of the molecule is COc1ccc(SCc2nnc(C(C)C)o2)cc1OC. The molecule has 0 aliphatic carbocycles. The zero-order valence-corrected chi connectivity index (χ0v) is 12.9. The Bertz CT molecular complexity index is 569. The van der Waals surface area contributed by atoms with Crippen LogP contribution in [0.5, 0.6) is 11.5 Å². The lowest BCUT2D eigenvalue weighted by Gasteiger charge is -2.08. The van der Waals surface area contributed by atoms with Crippen molar-refractivity contribution < 1.29 is 13.9 Å². The molecule has 0 fully saturated rings. The summed E-state index contributed by atoms with van der Waals surface area (Å²) in [5.74, 6) is 3.63. The van der Waals surface area contributed by atoms with E-state index in [4.69, 9.17) is 13.9 Å². The number of methoxy groups -OCH3 is 2. The molecule has 1 aromatic heterocycles. The van der Waals surface area contributed by atoms with Crippen LogP contribution in [0, 0.1) is 0 Å². The quantitative estimate of drug-likeness (QED) is 0.760. The third-order valence-electron chi connectivity index (χ3n) is 2.69. The molecule has 0 unspecified atom stereocenters. The zero-order valence-electron chi connectivity index (χ0n) is 12.0. The van der Waals surface area contributed by atoms with Gasteiger partial charge in [-0.15, -0.1) is 22.0 Å². The van der Waals surface area contributed by atoms with Gasteiger partial charge >= 0.3 is 0 Å². The lowest BCUT2D eigenvalue weighted by molar-refractivity contribution is 0.354. The molecule has 0 aliphatic heterocycles. The first kappa shape index (κ1) is 14.7. The Kier molecular flexibility index (Phi) is 4.89. The van der Waals surface area contributed by atoms with Crippen molar-refractivity contribution in [1.29, 1.82) is 0 Å². The molecule has 0 saturated heterocycles. The second-order valence-corrected chi connectivity index (χ2v) is 5.54. The summed E-state index contributed by atoms with van der Waals surface area (Å²) in [5.41, 5.74) is 0. The van der Waals surface area contributed by atoms with Gasteiger partial charge in [0.25, 0.3) is 0 Å². The summed E-state index contributed by atoms with van der Waals surface area (Å²) >= 11 is 1.62. The number of benzene rings is 1. The molecule has 20 heavy (non-hydrogen) atoms. The average molecular weight is 294 g/mol. The zero-order chi connectivity index (χ0) is 14.5. The molecule has 2 rings (SSSR count). The standard InChI is InChI=1S/C14H18N2O3S/c1-9(2)14-16-15-13(19-14)8-20-10-5-6-11(17-3)12(7-10)18-4/h5-7,9H,8H2,1-4H3. The van der Waals surface area contributed by atoms with Crippen molar-refractivity contribution in [3.05, 3.63) is 30.0 Å². The number of ether oxygens (including phenoxy) is 2. The van der Waals surface area contributed by atoms with Crippen LogP contribution in [0.25, 0.3) is 0 Å². The maximum atomic E-state index is 5.57. The lowest BCUT2D eigenvalue weighted by atomic mass is 10.2. The summed E-state index contributed by atoms with van der Waals surface area (Å²) in [5, 5.41) is 8.05. The fraction of sp³-hybridized carbons (Fsp3) is 0.429. The Morgan fingerprint density at radius 1 is 1.15 bits per heavy atom. The van der Waals surface area contributed by atoms with Gasteiger partial charge in [0.1, 0.15) is 0 Å². The van der Waals surface area contributed by atoms with Crippen LogP contribution >= 0.6 is 11.8 Å². The van der Waals surface area contributed by atoms with E-state index >= 15 is 0 Å². The highest BCUT2D eigenvalue weighted by atomic mass is 32.2. The first-order valence-corrected chi connectivity index (χ1v) is 7.29. The van der Waals surface area contributed by atoms with Crippen molar-refractivity contribution in [2.45, 2.75) is 30.4 Å². The van der Waals surface area contributed by atoms with Crippen LogP contribution in [0.2, 0.25) is 0 Å². The second kappa shape index (κ2) is 6.65. The maximum Gasteiger partial charge on any atom is 0.226 e. The highest BCUT2D eigenvalue weighted by molar-refractivity contribution is 7.98. The first-order valence-electron chi connectivity index (χ1n) is 6.31. The molecule has 5 nitrogen and oxygen atoms in total. The molecule has 0 bridgehead atoms. The Morgan fingerprint density at radius 2 is 1.90 bits per heavy atom. The Balaban J connectivity index is 2.03. The predicted molar refractivity (Wildman–Crippen MR) is 77.5 cm³/mol. The van der Waals surface area contributed by atoms with Crippen LogP contribution in [-0.2, 0) is 5.75 Å². The van der Waals surface area contributed by atoms with Gasteiger partial charge in [-0.3, -0.25) is 0 Å². The predicted octanol–water partition coefficient (Wildman–Crippen LogP) is 3.50. The smallest absolute Gasteiger partial charge is 0.226 e. The van der Waals surface area contributed by atoms with E-state index in [-0.39, 0.29) is 5.92 Å². The Morgan fingerprint density at radius 3 is 2.50 bits per heavy atom. The maximum absolute atomic E-state index is 5.57. The summed E-state index contributed by atoms with van der Waals surface area (Å²) in [6, 6.07) is 5.80. The first-order chi connectivity index (χ1) is 9.63. The van der Waals surface area contributed by atoms with E-state index in [0.29, 0.717) is 23.3 Å². The number of nitrogens with zero attached hydrogens (tertiary/aromatic N) is 2. The van der Waals surface area contributed by atoms with Crippen LogP contribution in [0.1, 0.15) is 31.5 Å². The van der Waals surface area contributed by atoms with E-state index in [0.717, 1.165) is 10.6 Å². The third-order valence-corrected chi connectivity index (χ3v) is 3.67. The van der Waals surface area contributed by atoms with Gasteiger partial charge in [-0.25, -0.2) is 0 Å². The molecule has 108 valence electrons. The number of aromatic nitrogens is 2. The number of hydrogen-bond acceptors (Lipinski definition) is 6. The van der Waals surface area contributed by atoms with Gasteiger partial charge < -0.3 is 13.9 Å². The van der Waals surface area contributed by atoms with Crippen LogP contribution in [0.15, 0.2) is 27.5 Å². The molecule has 0 spiro atoms.